The van der Waals surface area contributed by atoms with Crippen molar-refractivity contribution >= 4 is 0 Å². The molecule has 0 saturated heterocycles. The molecule has 1 aliphatic heterocycles. The molecule has 0 N–H and O–H groups in total. The quantitative estimate of drug-likeness (QED) is 0.650. The minimum Gasteiger partial charge on any atom is -0.365 e. The van der Waals surface area contributed by atoms with E-state index in [1.165, 1.54) is 11.5 Å². The van der Waals surface area contributed by atoms with E-state index >= 15 is 0 Å². The molecule has 3 heteroatoms. The Labute approximate surface area is 90.5 Å². The van der Waals surface area contributed by atoms with Gasteiger partial charge in [0, 0.05) is 18.2 Å². The molecule has 1 spiro atoms. The molecule has 0 bridgehead atoms. The van der Waals surface area contributed by atoms with Crippen LogP contribution in [0.5, 0.6) is 0 Å². The molecule has 2 heterocycles. The van der Waals surface area contributed by atoms with Crippen LogP contribution in [0.2, 0.25) is 0 Å². The number of nitrogens with zero attached hydrogens (tertiary/aromatic N) is 2. The van der Waals surface area contributed by atoms with Gasteiger partial charge in [-0.3, -0.25) is 0 Å². The molecular formula is C12H18N2O. The molecule has 1 aliphatic carbocycles. The minimum atomic E-state index is 0.00174. The summed E-state index contributed by atoms with van der Waals surface area (Å²) in [5.74, 6) is 1.17. The molecule has 1 aromatic rings. The summed E-state index contributed by atoms with van der Waals surface area (Å²) >= 11 is 0. The Kier molecular flexibility index (Phi) is 1.66. The van der Waals surface area contributed by atoms with E-state index in [2.05, 4.69) is 31.5 Å². The SMILES string of the molecule is CC(C)(C)c1cn2c(n1)C1(CC1)OCC2. The van der Waals surface area contributed by atoms with Crippen LogP contribution in [-0.4, -0.2) is 16.2 Å². The summed E-state index contributed by atoms with van der Waals surface area (Å²) in [6.45, 7) is 8.43. The van der Waals surface area contributed by atoms with Gasteiger partial charge in [-0.05, 0) is 12.8 Å². The largest absolute Gasteiger partial charge is 0.365 e. The predicted molar refractivity (Wildman–Crippen MR) is 57.8 cm³/mol. The van der Waals surface area contributed by atoms with Crippen LogP contribution in [0, 0.1) is 0 Å². The van der Waals surface area contributed by atoms with Gasteiger partial charge in [0.05, 0.1) is 12.3 Å². The summed E-state index contributed by atoms with van der Waals surface area (Å²) in [7, 11) is 0. The molecule has 0 radical (unpaired) electrons. The van der Waals surface area contributed by atoms with Crippen LogP contribution in [0.15, 0.2) is 6.20 Å². The van der Waals surface area contributed by atoms with Crippen molar-refractivity contribution in [3.05, 3.63) is 17.7 Å². The fourth-order valence-corrected chi connectivity index (χ4v) is 2.20. The Morgan fingerprint density at radius 2 is 2.13 bits per heavy atom. The number of hydrogen-bond donors (Lipinski definition) is 0. The lowest BCUT2D eigenvalue weighted by Gasteiger charge is -2.23. The molecule has 3 rings (SSSR count). The Morgan fingerprint density at radius 3 is 2.73 bits per heavy atom. The molecule has 82 valence electrons. The van der Waals surface area contributed by atoms with E-state index in [-0.39, 0.29) is 11.0 Å². The third-order valence-corrected chi connectivity index (χ3v) is 3.37. The highest BCUT2D eigenvalue weighted by molar-refractivity contribution is 5.22. The summed E-state index contributed by atoms with van der Waals surface area (Å²) in [4.78, 5) is 4.78. The van der Waals surface area contributed by atoms with Gasteiger partial charge in [-0.15, -0.1) is 0 Å². The van der Waals surface area contributed by atoms with Crippen LogP contribution >= 0.6 is 0 Å². The fraction of sp³-hybridized carbons (Fsp3) is 0.750. The molecule has 0 aromatic carbocycles. The van der Waals surface area contributed by atoms with Gasteiger partial charge in [0.15, 0.2) is 0 Å². The lowest BCUT2D eigenvalue weighted by molar-refractivity contribution is -0.00512. The third-order valence-electron chi connectivity index (χ3n) is 3.37. The first-order valence-corrected chi connectivity index (χ1v) is 5.73. The molecule has 1 aromatic heterocycles. The van der Waals surface area contributed by atoms with Crippen molar-refractivity contribution in [3.8, 4) is 0 Å². The zero-order valence-electron chi connectivity index (χ0n) is 9.71. The minimum absolute atomic E-state index is 0.00174. The van der Waals surface area contributed by atoms with Crippen LogP contribution in [-0.2, 0) is 22.3 Å². The summed E-state index contributed by atoms with van der Waals surface area (Å²) in [5.41, 5.74) is 1.33. The lowest BCUT2D eigenvalue weighted by Crippen LogP contribution is -2.27. The Morgan fingerprint density at radius 1 is 1.40 bits per heavy atom. The maximum Gasteiger partial charge on any atom is 0.141 e. The Hall–Kier alpha value is -0.830. The van der Waals surface area contributed by atoms with E-state index in [9.17, 15) is 0 Å². The van der Waals surface area contributed by atoms with Crippen LogP contribution in [0.3, 0.4) is 0 Å². The maximum atomic E-state index is 5.85. The summed E-state index contributed by atoms with van der Waals surface area (Å²) < 4.78 is 8.13. The number of ether oxygens (including phenoxy) is 1. The zero-order chi connectivity index (χ0) is 10.7. The summed E-state index contributed by atoms with van der Waals surface area (Å²) in [5, 5.41) is 0. The van der Waals surface area contributed by atoms with Crippen molar-refractivity contribution in [2.24, 2.45) is 0 Å². The number of rotatable bonds is 0. The van der Waals surface area contributed by atoms with Gasteiger partial charge in [-0.1, -0.05) is 20.8 Å². The number of aromatic nitrogens is 2. The van der Waals surface area contributed by atoms with E-state index in [0.717, 1.165) is 26.0 Å². The number of fused-ring (bicyclic) bond motifs is 2. The second-order valence-corrected chi connectivity index (χ2v) is 5.74. The second kappa shape index (κ2) is 2.64. The lowest BCUT2D eigenvalue weighted by atomic mass is 9.93. The highest BCUT2D eigenvalue weighted by atomic mass is 16.5. The Balaban J connectivity index is 2.07. The number of imidazole rings is 1. The second-order valence-electron chi connectivity index (χ2n) is 5.74. The van der Waals surface area contributed by atoms with Crippen LogP contribution in [0.1, 0.15) is 45.1 Å². The molecule has 1 saturated carbocycles. The van der Waals surface area contributed by atoms with E-state index < -0.39 is 0 Å². The molecule has 0 atom stereocenters. The average molecular weight is 206 g/mol. The van der Waals surface area contributed by atoms with E-state index in [4.69, 9.17) is 9.72 Å². The van der Waals surface area contributed by atoms with E-state index in [0.29, 0.717) is 0 Å². The van der Waals surface area contributed by atoms with Crippen LogP contribution in [0.4, 0.5) is 0 Å². The smallest absolute Gasteiger partial charge is 0.141 e. The van der Waals surface area contributed by atoms with E-state index in [1.807, 2.05) is 0 Å². The topological polar surface area (TPSA) is 27.1 Å². The molecule has 15 heavy (non-hydrogen) atoms. The van der Waals surface area contributed by atoms with Gasteiger partial charge < -0.3 is 9.30 Å². The van der Waals surface area contributed by atoms with Crippen LogP contribution < -0.4 is 0 Å². The third kappa shape index (κ3) is 1.33. The molecule has 1 fully saturated rings. The zero-order valence-corrected chi connectivity index (χ0v) is 9.71. The first kappa shape index (κ1) is 9.40. The molecule has 3 nitrogen and oxygen atoms in total. The highest BCUT2D eigenvalue weighted by Crippen LogP contribution is 2.50. The van der Waals surface area contributed by atoms with Gasteiger partial charge in [-0.2, -0.15) is 0 Å². The standard InChI is InChI=1S/C12H18N2O/c1-11(2,3)9-8-14-6-7-15-12(4-5-12)10(14)13-9/h8H,4-7H2,1-3H3. The van der Waals surface area contributed by atoms with Crippen molar-refractivity contribution in [1.29, 1.82) is 0 Å². The predicted octanol–water partition coefficient (Wildman–Crippen LogP) is 2.20. The van der Waals surface area contributed by atoms with Gasteiger partial charge in [-0.25, -0.2) is 4.98 Å². The highest BCUT2D eigenvalue weighted by Gasteiger charge is 2.51. The van der Waals surface area contributed by atoms with Gasteiger partial charge in [0.2, 0.25) is 0 Å². The molecule has 2 aliphatic rings. The molecule has 0 amide bonds. The van der Waals surface area contributed by atoms with Crippen molar-refractivity contribution in [3.63, 3.8) is 0 Å². The normalized spacial score (nSPS) is 22.9. The van der Waals surface area contributed by atoms with Crippen molar-refractivity contribution in [2.45, 2.75) is 51.2 Å². The maximum absolute atomic E-state index is 5.85. The Bertz CT molecular complexity index is 396. The van der Waals surface area contributed by atoms with Crippen LogP contribution in [0.25, 0.3) is 0 Å². The summed E-state index contributed by atoms with van der Waals surface area (Å²) in [6, 6.07) is 0. The molecule has 0 unspecified atom stereocenters. The van der Waals surface area contributed by atoms with Crippen molar-refractivity contribution in [1.82, 2.24) is 9.55 Å². The summed E-state index contributed by atoms with van der Waals surface area (Å²) in [6.07, 6.45) is 4.50. The first-order valence-electron chi connectivity index (χ1n) is 5.73. The first-order chi connectivity index (χ1) is 7.01. The van der Waals surface area contributed by atoms with Crippen molar-refractivity contribution < 1.29 is 4.74 Å². The van der Waals surface area contributed by atoms with Gasteiger partial charge in [0.1, 0.15) is 11.4 Å². The number of hydrogen-bond acceptors (Lipinski definition) is 2. The van der Waals surface area contributed by atoms with Crippen molar-refractivity contribution in [2.75, 3.05) is 6.61 Å². The van der Waals surface area contributed by atoms with Gasteiger partial charge in [0.25, 0.3) is 0 Å². The molecular weight excluding hydrogens is 188 g/mol. The average Bonchev–Trinajstić information content (AvgIpc) is 2.76. The van der Waals surface area contributed by atoms with Gasteiger partial charge >= 0.3 is 0 Å². The fourth-order valence-electron chi connectivity index (χ4n) is 2.20. The monoisotopic (exact) mass is 206 g/mol. The van der Waals surface area contributed by atoms with E-state index in [1.54, 1.807) is 0 Å².